The van der Waals surface area contributed by atoms with Crippen LogP contribution in [0.3, 0.4) is 0 Å². The Balaban J connectivity index is 1.44. The molecule has 2 fully saturated rings. The summed E-state index contributed by atoms with van der Waals surface area (Å²) in [6.07, 6.45) is 11.7. The number of nitrogens with one attached hydrogen (secondary N) is 1. The second kappa shape index (κ2) is 7.65. The lowest BCUT2D eigenvalue weighted by Gasteiger charge is -2.55. The van der Waals surface area contributed by atoms with Gasteiger partial charge in [0, 0.05) is 42.9 Å². The van der Waals surface area contributed by atoms with Gasteiger partial charge in [0.1, 0.15) is 5.82 Å². The molecule has 0 bridgehead atoms. The summed E-state index contributed by atoms with van der Waals surface area (Å²) < 4.78 is 0. The largest absolute Gasteiger partial charge is 0.309 e. The van der Waals surface area contributed by atoms with E-state index in [0.717, 1.165) is 37.0 Å². The van der Waals surface area contributed by atoms with Crippen LogP contribution in [0, 0.1) is 11.8 Å². The minimum Gasteiger partial charge on any atom is -0.309 e. The molecule has 2 aliphatic rings. The first-order chi connectivity index (χ1) is 12.4. The maximum Gasteiger partial charge on any atom is 0.128 e. The molecule has 4 rings (SSSR count). The van der Waals surface area contributed by atoms with Gasteiger partial charge in [-0.1, -0.05) is 50.1 Å². The van der Waals surface area contributed by atoms with E-state index in [1.807, 2.05) is 12.4 Å². The second-order valence-corrected chi connectivity index (χ2v) is 7.71. The number of nitrogens with zero attached hydrogens (tertiary/aromatic N) is 2. The summed E-state index contributed by atoms with van der Waals surface area (Å²) in [5.74, 6) is 3.35. The number of aryl methyl sites for hydroxylation is 1. The Kier molecular flexibility index (Phi) is 5.12. The summed E-state index contributed by atoms with van der Waals surface area (Å²) in [5.41, 5.74) is 2.71. The molecule has 3 heteroatoms. The lowest BCUT2D eigenvalue weighted by atomic mass is 9.53. The number of rotatable bonds is 6. The molecule has 1 aromatic carbocycles. The van der Waals surface area contributed by atoms with Crippen molar-refractivity contribution < 1.29 is 0 Å². The molecule has 0 radical (unpaired) electrons. The van der Waals surface area contributed by atoms with Crippen LogP contribution in [0.2, 0.25) is 0 Å². The van der Waals surface area contributed by atoms with Crippen LogP contribution in [0.1, 0.15) is 61.9 Å². The van der Waals surface area contributed by atoms with Crippen LogP contribution in [0.4, 0.5) is 0 Å². The van der Waals surface area contributed by atoms with Gasteiger partial charge in [0.05, 0.1) is 0 Å². The van der Waals surface area contributed by atoms with Crippen LogP contribution in [0.25, 0.3) is 0 Å². The van der Waals surface area contributed by atoms with Crippen molar-refractivity contribution in [3.05, 3.63) is 59.7 Å². The summed E-state index contributed by atoms with van der Waals surface area (Å²) in [6.45, 7) is 3.04. The molecule has 0 aliphatic heterocycles. The van der Waals surface area contributed by atoms with Crippen LogP contribution in [0.15, 0.2) is 42.7 Å². The topological polar surface area (TPSA) is 37.8 Å². The first kappa shape index (κ1) is 16.7. The predicted molar refractivity (Wildman–Crippen MR) is 101 cm³/mol. The molecule has 1 heterocycles. The number of hydrogen-bond acceptors (Lipinski definition) is 3. The fourth-order valence-corrected chi connectivity index (χ4v) is 4.94. The summed E-state index contributed by atoms with van der Waals surface area (Å²) in [6, 6.07) is 11.7. The van der Waals surface area contributed by atoms with Crippen molar-refractivity contribution in [2.45, 2.75) is 64.0 Å². The van der Waals surface area contributed by atoms with Gasteiger partial charge in [-0.15, -0.1) is 0 Å². The average molecular weight is 335 g/mol. The molecule has 3 nitrogen and oxygen atoms in total. The van der Waals surface area contributed by atoms with Crippen molar-refractivity contribution in [2.24, 2.45) is 11.8 Å². The van der Waals surface area contributed by atoms with Gasteiger partial charge in [-0.05, 0) is 36.7 Å². The normalized spacial score (nSPS) is 28.2. The molecular formula is C22H29N3. The molecule has 0 amide bonds. The van der Waals surface area contributed by atoms with E-state index >= 15 is 0 Å². The number of benzene rings is 1. The molecule has 1 N–H and O–H groups in total. The Labute approximate surface area is 151 Å². The van der Waals surface area contributed by atoms with Gasteiger partial charge in [-0.3, -0.25) is 0 Å². The van der Waals surface area contributed by atoms with Crippen molar-refractivity contribution in [1.29, 1.82) is 0 Å². The van der Waals surface area contributed by atoms with E-state index in [4.69, 9.17) is 0 Å². The zero-order chi connectivity index (χ0) is 17.1. The first-order valence-corrected chi connectivity index (χ1v) is 9.95. The van der Waals surface area contributed by atoms with Gasteiger partial charge in [-0.25, -0.2) is 9.97 Å². The molecule has 0 saturated heterocycles. The third kappa shape index (κ3) is 3.48. The predicted octanol–water partition coefficient (Wildman–Crippen LogP) is 4.49. The Hall–Kier alpha value is -1.74. The quantitative estimate of drug-likeness (QED) is 0.845. The highest BCUT2D eigenvalue weighted by atomic mass is 15.0. The van der Waals surface area contributed by atoms with Gasteiger partial charge in [-0.2, -0.15) is 0 Å². The number of hydrogen-bond donors (Lipinski definition) is 1. The lowest BCUT2D eigenvalue weighted by molar-refractivity contribution is 0.0254. The number of aromatic nitrogens is 2. The summed E-state index contributed by atoms with van der Waals surface area (Å²) in [5, 5.41) is 3.85. The van der Waals surface area contributed by atoms with E-state index in [0.29, 0.717) is 12.0 Å². The Morgan fingerprint density at radius 3 is 2.44 bits per heavy atom. The van der Waals surface area contributed by atoms with Crippen molar-refractivity contribution in [2.75, 3.05) is 0 Å². The van der Waals surface area contributed by atoms with Crippen LogP contribution >= 0.6 is 0 Å². The second-order valence-electron chi connectivity index (χ2n) is 7.71. The van der Waals surface area contributed by atoms with E-state index in [1.54, 1.807) is 0 Å². The highest BCUT2D eigenvalue weighted by Crippen LogP contribution is 2.54. The van der Waals surface area contributed by atoms with Crippen LogP contribution in [0.5, 0.6) is 0 Å². The third-order valence-corrected chi connectivity index (χ3v) is 6.14. The number of fused-ring (bicyclic) bond motifs is 1. The summed E-state index contributed by atoms with van der Waals surface area (Å²) in [4.78, 5) is 9.00. The van der Waals surface area contributed by atoms with E-state index in [1.165, 1.54) is 36.8 Å². The van der Waals surface area contributed by atoms with Crippen molar-refractivity contribution >= 4 is 0 Å². The van der Waals surface area contributed by atoms with Crippen LogP contribution in [-0.2, 0) is 13.0 Å². The SMILES string of the molecule is CCCc1ncc(CN[C@H]2C3CCCCC3[C@@H]2c2ccccc2)cn1. The molecular weight excluding hydrogens is 306 g/mol. The maximum absolute atomic E-state index is 4.50. The van der Waals surface area contributed by atoms with Gasteiger partial charge >= 0.3 is 0 Å². The standard InChI is InChI=1S/C22H29N3/c1-2-8-20-23-13-16(14-24-20)15-25-22-19-12-7-6-11-18(19)21(22)17-9-4-3-5-10-17/h3-5,9-10,13-14,18-19,21-22,25H,2,6-8,11-12,15H2,1H3/t18?,19?,21-,22-/m0/s1. The Morgan fingerprint density at radius 2 is 1.72 bits per heavy atom. The van der Waals surface area contributed by atoms with Crippen molar-refractivity contribution in [1.82, 2.24) is 15.3 Å². The van der Waals surface area contributed by atoms with Gasteiger partial charge in [0.25, 0.3) is 0 Å². The van der Waals surface area contributed by atoms with Gasteiger partial charge in [0.15, 0.2) is 0 Å². The van der Waals surface area contributed by atoms with E-state index in [9.17, 15) is 0 Å². The van der Waals surface area contributed by atoms with Crippen molar-refractivity contribution in [3.63, 3.8) is 0 Å². The minimum absolute atomic E-state index is 0.600. The highest BCUT2D eigenvalue weighted by molar-refractivity contribution is 5.28. The van der Waals surface area contributed by atoms with Crippen LogP contribution in [-0.4, -0.2) is 16.0 Å². The first-order valence-electron chi connectivity index (χ1n) is 9.95. The minimum atomic E-state index is 0.600. The smallest absolute Gasteiger partial charge is 0.128 e. The molecule has 132 valence electrons. The van der Waals surface area contributed by atoms with Crippen LogP contribution < -0.4 is 5.32 Å². The molecule has 1 aromatic heterocycles. The molecule has 4 atom stereocenters. The molecule has 25 heavy (non-hydrogen) atoms. The lowest BCUT2D eigenvalue weighted by Crippen LogP contribution is -2.57. The molecule has 2 saturated carbocycles. The van der Waals surface area contributed by atoms with E-state index in [-0.39, 0.29) is 0 Å². The Morgan fingerprint density at radius 1 is 1.00 bits per heavy atom. The molecule has 2 unspecified atom stereocenters. The molecule has 2 aliphatic carbocycles. The highest BCUT2D eigenvalue weighted by Gasteiger charge is 2.50. The zero-order valence-corrected chi connectivity index (χ0v) is 15.2. The van der Waals surface area contributed by atoms with Crippen molar-refractivity contribution in [3.8, 4) is 0 Å². The Bertz CT molecular complexity index is 667. The average Bonchev–Trinajstić information content (AvgIpc) is 2.65. The van der Waals surface area contributed by atoms with E-state index < -0.39 is 0 Å². The van der Waals surface area contributed by atoms with Gasteiger partial charge < -0.3 is 5.32 Å². The summed E-state index contributed by atoms with van der Waals surface area (Å²) in [7, 11) is 0. The fourth-order valence-electron chi connectivity index (χ4n) is 4.94. The fraction of sp³-hybridized carbons (Fsp3) is 0.545. The molecule has 0 spiro atoms. The third-order valence-electron chi connectivity index (χ3n) is 6.14. The van der Waals surface area contributed by atoms with E-state index in [2.05, 4.69) is 52.5 Å². The monoisotopic (exact) mass is 335 g/mol. The summed E-state index contributed by atoms with van der Waals surface area (Å²) >= 11 is 0. The maximum atomic E-state index is 4.50. The van der Waals surface area contributed by atoms with Gasteiger partial charge in [0.2, 0.25) is 0 Å². The molecule has 2 aromatic rings. The zero-order valence-electron chi connectivity index (χ0n) is 15.2.